The number of nitrogens with zero attached hydrogens (tertiary/aromatic N) is 2. The minimum atomic E-state index is 0.0820. The van der Waals surface area contributed by atoms with E-state index in [-0.39, 0.29) is 11.9 Å². The number of aryl methyl sites for hydroxylation is 1. The van der Waals surface area contributed by atoms with Crippen LogP contribution in [-0.4, -0.2) is 21.9 Å². The summed E-state index contributed by atoms with van der Waals surface area (Å²) >= 11 is 0. The second-order valence-corrected chi connectivity index (χ2v) is 6.19. The largest absolute Gasteiger partial charge is 0.339 e. The van der Waals surface area contributed by atoms with Crippen molar-refractivity contribution >= 4 is 16.8 Å². The first-order valence-electron chi connectivity index (χ1n) is 7.73. The highest BCUT2D eigenvalue weighted by Crippen LogP contribution is 2.46. The van der Waals surface area contributed by atoms with Gasteiger partial charge in [0.1, 0.15) is 5.69 Å². The fourth-order valence-corrected chi connectivity index (χ4v) is 4.19. The molecule has 3 nitrogen and oxygen atoms in total. The summed E-state index contributed by atoms with van der Waals surface area (Å²) < 4.78 is 2.06. The molecule has 0 saturated heterocycles. The van der Waals surface area contributed by atoms with Crippen molar-refractivity contribution in [3.05, 3.63) is 70.9 Å². The topological polar surface area (TPSA) is 25.2 Å². The Kier molecular flexibility index (Phi) is 2.19. The molecule has 1 aromatic heterocycles. The highest BCUT2D eigenvalue weighted by Gasteiger charge is 2.44. The summed E-state index contributed by atoms with van der Waals surface area (Å²) in [6, 6.07) is 17.0. The fraction of sp³-hybridized carbons (Fsp3) is 0.211. The molecule has 3 aromatic rings. The van der Waals surface area contributed by atoms with Crippen molar-refractivity contribution in [2.24, 2.45) is 7.05 Å². The number of rotatable bonds is 0. The number of hydrogen-bond donors (Lipinski definition) is 0. The summed E-state index contributed by atoms with van der Waals surface area (Å²) in [6.45, 7) is 0.809. The molecular weight excluding hydrogens is 272 g/mol. The highest BCUT2D eigenvalue weighted by molar-refractivity contribution is 6.06. The molecule has 0 bridgehead atoms. The van der Waals surface area contributed by atoms with Crippen LogP contribution in [0.2, 0.25) is 0 Å². The maximum Gasteiger partial charge on any atom is 0.271 e. The maximum absolute atomic E-state index is 12.9. The van der Waals surface area contributed by atoms with E-state index in [2.05, 4.69) is 47.0 Å². The molecule has 2 aliphatic heterocycles. The molecule has 1 amide bonds. The van der Waals surface area contributed by atoms with Gasteiger partial charge in [-0.2, -0.15) is 0 Å². The lowest BCUT2D eigenvalue weighted by atomic mass is 9.90. The molecular formula is C19H16N2O. The van der Waals surface area contributed by atoms with E-state index in [1.165, 1.54) is 22.1 Å². The van der Waals surface area contributed by atoms with Gasteiger partial charge in [0.05, 0.1) is 6.04 Å². The molecule has 0 aliphatic carbocycles. The van der Waals surface area contributed by atoms with Crippen LogP contribution in [0.25, 0.3) is 10.9 Å². The number of carbonyl (C=O) groups excluding carboxylic acids is 1. The van der Waals surface area contributed by atoms with Crippen molar-refractivity contribution in [2.45, 2.75) is 12.5 Å². The third-order valence-electron chi connectivity index (χ3n) is 5.17. The third kappa shape index (κ3) is 1.29. The molecule has 0 N–H and O–H groups in total. The number of amides is 1. The normalized spacial score (nSPS) is 19.2. The first kappa shape index (κ1) is 12.0. The molecule has 108 valence electrons. The van der Waals surface area contributed by atoms with Crippen LogP contribution in [0.15, 0.2) is 48.5 Å². The zero-order valence-corrected chi connectivity index (χ0v) is 12.4. The fourth-order valence-electron chi connectivity index (χ4n) is 4.19. The van der Waals surface area contributed by atoms with E-state index in [1.807, 2.05) is 18.0 Å². The van der Waals surface area contributed by atoms with Gasteiger partial charge in [0.15, 0.2) is 0 Å². The summed E-state index contributed by atoms with van der Waals surface area (Å²) in [4.78, 5) is 15.0. The zero-order chi connectivity index (χ0) is 14.8. The van der Waals surface area contributed by atoms with Crippen molar-refractivity contribution in [3.8, 4) is 0 Å². The summed E-state index contributed by atoms with van der Waals surface area (Å²) in [7, 11) is 2.00. The molecule has 2 aromatic carbocycles. The molecule has 5 rings (SSSR count). The van der Waals surface area contributed by atoms with Crippen LogP contribution >= 0.6 is 0 Å². The van der Waals surface area contributed by atoms with E-state index in [1.54, 1.807) is 0 Å². The molecule has 0 radical (unpaired) electrons. The summed E-state index contributed by atoms with van der Waals surface area (Å²) in [5.74, 6) is 0.174. The lowest BCUT2D eigenvalue weighted by Gasteiger charge is -2.32. The Morgan fingerprint density at radius 1 is 1.05 bits per heavy atom. The minimum absolute atomic E-state index is 0.0820. The number of para-hydroxylation sites is 1. The molecule has 2 aliphatic rings. The minimum Gasteiger partial charge on any atom is -0.339 e. The molecule has 0 saturated carbocycles. The Hall–Kier alpha value is -2.55. The Balaban J connectivity index is 1.88. The average molecular weight is 288 g/mol. The van der Waals surface area contributed by atoms with E-state index < -0.39 is 0 Å². The first-order valence-corrected chi connectivity index (χ1v) is 7.73. The van der Waals surface area contributed by atoms with Crippen LogP contribution in [-0.2, 0) is 13.5 Å². The maximum atomic E-state index is 12.9. The molecule has 22 heavy (non-hydrogen) atoms. The van der Waals surface area contributed by atoms with E-state index in [0.29, 0.717) is 0 Å². The highest BCUT2D eigenvalue weighted by atomic mass is 16.2. The number of aromatic nitrogens is 1. The number of carbonyl (C=O) groups is 1. The summed E-state index contributed by atoms with van der Waals surface area (Å²) in [5.41, 5.74) is 5.86. The molecule has 0 fully saturated rings. The van der Waals surface area contributed by atoms with Crippen molar-refractivity contribution in [1.29, 1.82) is 0 Å². The average Bonchev–Trinajstić information content (AvgIpc) is 3.03. The van der Waals surface area contributed by atoms with Crippen molar-refractivity contribution in [2.75, 3.05) is 6.54 Å². The van der Waals surface area contributed by atoms with Gasteiger partial charge in [-0.15, -0.1) is 0 Å². The molecule has 1 atom stereocenters. The quantitative estimate of drug-likeness (QED) is 0.623. The Morgan fingerprint density at radius 2 is 1.82 bits per heavy atom. The predicted molar refractivity (Wildman–Crippen MR) is 85.9 cm³/mol. The molecule has 3 heteroatoms. The lowest BCUT2D eigenvalue weighted by molar-refractivity contribution is 0.0733. The van der Waals surface area contributed by atoms with Gasteiger partial charge >= 0.3 is 0 Å². The van der Waals surface area contributed by atoms with Gasteiger partial charge in [-0.1, -0.05) is 42.5 Å². The summed E-state index contributed by atoms with van der Waals surface area (Å²) in [6.07, 6.45) is 0.949. The van der Waals surface area contributed by atoms with E-state index in [4.69, 9.17) is 0 Å². The lowest BCUT2D eigenvalue weighted by Crippen LogP contribution is -2.35. The molecule has 0 spiro atoms. The van der Waals surface area contributed by atoms with Crippen LogP contribution in [0.5, 0.6) is 0 Å². The van der Waals surface area contributed by atoms with E-state index in [0.717, 1.165) is 24.2 Å². The van der Waals surface area contributed by atoms with Crippen molar-refractivity contribution in [1.82, 2.24) is 9.47 Å². The molecule has 3 heterocycles. The Labute approximate surface area is 128 Å². The van der Waals surface area contributed by atoms with Gasteiger partial charge in [0.25, 0.3) is 5.91 Å². The standard InChI is InChI=1S/C19H16N2O/c1-20-15-9-5-4-8-14(15)16-17-13-7-3-2-6-12(13)10-11-21(17)19(22)18(16)20/h2-9,17H,10-11H2,1H3. The van der Waals surface area contributed by atoms with E-state index in [9.17, 15) is 4.79 Å². The number of hydrogen-bond acceptors (Lipinski definition) is 1. The van der Waals surface area contributed by atoms with Crippen LogP contribution in [0.3, 0.4) is 0 Å². The monoisotopic (exact) mass is 288 g/mol. The second-order valence-electron chi connectivity index (χ2n) is 6.19. The number of benzene rings is 2. The van der Waals surface area contributed by atoms with Gasteiger partial charge < -0.3 is 9.47 Å². The van der Waals surface area contributed by atoms with Crippen molar-refractivity contribution < 1.29 is 4.79 Å². The smallest absolute Gasteiger partial charge is 0.271 e. The second kappa shape index (κ2) is 4.01. The van der Waals surface area contributed by atoms with Crippen LogP contribution in [0, 0.1) is 0 Å². The van der Waals surface area contributed by atoms with Crippen LogP contribution < -0.4 is 0 Å². The van der Waals surface area contributed by atoms with Gasteiger partial charge in [-0.05, 0) is 23.6 Å². The van der Waals surface area contributed by atoms with Crippen LogP contribution in [0.1, 0.15) is 33.2 Å². The Bertz CT molecular complexity index is 938. The SMILES string of the molecule is Cn1c2c(c3ccccc31)C1c3ccccc3CCN1C2=O. The third-order valence-corrected chi connectivity index (χ3v) is 5.17. The Morgan fingerprint density at radius 3 is 2.73 bits per heavy atom. The predicted octanol–water partition coefficient (Wildman–Crippen LogP) is 3.28. The van der Waals surface area contributed by atoms with Gasteiger partial charge in [0, 0.05) is 30.1 Å². The van der Waals surface area contributed by atoms with E-state index >= 15 is 0 Å². The van der Waals surface area contributed by atoms with Crippen molar-refractivity contribution in [3.63, 3.8) is 0 Å². The van der Waals surface area contributed by atoms with Crippen LogP contribution in [0.4, 0.5) is 0 Å². The van der Waals surface area contributed by atoms with Gasteiger partial charge in [-0.3, -0.25) is 4.79 Å². The number of fused-ring (bicyclic) bond motifs is 7. The first-order chi connectivity index (χ1) is 10.8. The molecule has 1 unspecified atom stereocenters. The van der Waals surface area contributed by atoms with Gasteiger partial charge in [0.2, 0.25) is 0 Å². The van der Waals surface area contributed by atoms with Gasteiger partial charge in [-0.25, -0.2) is 0 Å². The zero-order valence-electron chi connectivity index (χ0n) is 12.4. The summed E-state index contributed by atoms with van der Waals surface area (Å²) in [5, 5.41) is 1.21.